The molecule has 6 nitrogen and oxygen atoms in total. The molecule has 2 aromatic carbocycles. The van der Waals surface area contributed by atoms with Crippen molar-refractivity contribution in [2.24, 2.45) is 0 Å². The average Bonchev–Trinajstić information content (AvgIpc) is 3.37. The highest BCUT2D eigenvalue weighted by Gasteiger charge is 2.44. The summed E-state index contributed by atoms with van der Waals surface area (Å²) in [5, 5.41) is 59.1. The van der Waals surface area contributed by atoms with Crippen LogP contribution in [0, 0.1) is 91.3 Å². The Labute approximate surface area is 212 Å². The maximum Gasteiger partial charge on any atom is 0.138 e. The minimum absolute atomic E-state index is 0.264. The molecule has 0 saturated carbocycles. The third kappa shape index (κ3) is 3.69. The van der Waals surface area contributed by atoms with Gasteiger partial charge < -0.3 is 0 Å². The molecule has 0 N–H and O–H groups in total. The lowest BCUT2D eigenvalue weighted by molar-refractivity contribution is 0.582. The Morgan fingerprint density at radius 3 is 0.974 bits per heavy atom. The molecule has 2 aromatic rings. The minimum Gasteiger partial charge on any atom is -0.207 e. The van der Waals surface area contributed by atoms with Gasteiger partial charge in [0.25, 0.3) is 0 Å². The topological polar surface area (TPSA) is 143 Å². The van der Waals surface area contributed by atoms with Crippen LogP contribution >= 0.6 is 0 Å². The first-order valence-corrected chi connectivity index (χ1v) is 10.3. The van der Waals surface area contributed by atoms with E-state index in [1.54, 1.807) is 24.3 Å². The van der Waals surface area contributed by atoms with Crippen LogP contribution in [0.1, 0.15) is 11.1 Å². The monoisotopic (exact) mass is 502 g/mol. The lowest BCUT2D eigenvalue weighted by Crippen LogP contribution is -2.02. The first kappa shape index (κ1) is 24.9. The molecule has 2 aliphatic rings. The minimum atomic E-state index is -1.05. The number of hydrogen-bond acceptors (Lipinski definition) is 6. The largest absolute Gasteiger partial charge is 0.207 e. The van der Waals surface area contributed by atoms with E-state index in [1.165, 1.54) is 0 Å². The summed E-state index contributed by atoms with van der Waals surface area (Å²) < 4.78 is 56.7. The third-order valence-corrected chi connectivity index (χ3v) is 5.72. The Morgan fingerprint density at radius 2 is 0.737 bits per heavy atom. The van der Waals surface area contributed by atoms with Crippen LogP contribution in [0.4, 0.5) is 17.6 Å². The zero-order valence-electron chi connectivity index (χ0n) is 18.7. The number of nitrogens with zero attached hydrogens (tertiary/aromatic N) is 6. The van der Waals surface area contributed by atoms with Crippen LogP contribution in [0.25, 0.3) is 11.1 Å². The molecule has 0 unspecified atom stereocenters. The second kappa shape index (κ2) is 9.45. The van der Waals surface area contributed by atoms with Gasteiger partial charge in [0.1, 0.15) is 70.8 Å². The Hall–Kier alpha value is -6.20. The predicted molar refractivity (Wildman–Crippen MR) is 121 cm³/mol. The van der Waals surface area contributed by atoms with Crippen LogP contribution in [-0.2, 0) is 0 Å². The molecule has 0 atom stereocenters. The lowest BCUT2D eigenvalue weighted by Gasteiger charge is -2.15. The van der Waals surface area contributed by atoms with Gasteiger partial charge in [-0.15, -0.1) is 0 Å². The molecular formula is C28H6F4N6. The number of allylic oxidation sites excluding steroid dienone is 10. The summed E-state index contributed by atoms with van der Waals surface area (Å²) in [5.74, 6) is -4.21. The molecular weight excluding hydrogens is 496 g/mol. The van der Waals surface area contributed by atoms with Crippen LogP contribution in [0.3, 0.4) is 0 Å². The van der Waals surface area contributed by atoms with Crippen LogP contribution in [0.2, 0.25) is 0 Å². The average molecular weight is 502 g/mol. The molecule has 2 aliphatic carbocycles. The maximum absolute atomic E-state index is 14.2. The molecule has 0 radical (unpaired) electrons. The van der Waals surface area contributed by atoms with Gasteiger partial charge in [0.2, 0.25) is 0 Å². The molecule has 4 rings (SSSR count). The highest BCUT2D eigenvalue weighted by Crippen LogP contribution is 2.57. The van der Waals surface area contributed by atoms with Gasteiger partial charge >= 0.3 is 0 Å². The molecule has 0 fully saturated rings. The van der Waals surface area contributed by atoms with Crippen molar-refractivity contribution >= 4 is 11.1 Å². The fraction of sp³-hybridized carbons (Fsp3) is 0. The molecule has 38 heavy (non-hydrogen) atoms. The van der Waals surface area contributed by atoms with E-state index in [9.17, 15) is 49.1 Å². The molecule has 0 amide bonds. The standard InChI is InChI=1S/C28H6F4N6/c29-17-1-13(2-18(30)5-17)23-21(11-37)27-26(16(9-35)10-36)24(14-3-19(31)6-20(32)4-14)22(12-38)28(27)25(23)15(7-33)8-34/h1-6H. The zero-order chi connectivity index (χ0) is 27.7. The lowest BCUT2D eigenvalue weighted by atomic mass is 9.85. The van der Waals surface area contributed by atoms with Crippen molar-refractivity contribution in [2.75, 3.05) is 0 Å². The SMILES string of the molecule is N#CC(C#N)=C1C2=C(C(C#N)=C1c1cc(F)cc(F)c1)C(=C(C#N)C#N)C(c1cc(F)cc(F)c1)=C2C#N. The van der Waals surface area contributed by atoms with Crippen LogP contribution in [-0.4, -0.2) is 0 Å². The van der Waals surface area contributed by atoms with Gasteiger partial charge in [-0.2, -0.15) is 31.6 Å². The number of hydrogen-bond donors (Lipinski definition) is 0. The van der Waals surface area contributed by atoms with Crippen molar-refractivity contribution in [3.05, 3.63) is 115 Å². The molecule has 0 aromatic heterocycles. The van der Waals surface area contributed by atoms with Gasteiger partial charge in [-0.1, -0.05) is 0 Å². The quantitative estimate of drug-likeness (QED) is 0.391. The molecule has 0 spiro atoms. The van der Waals surface area contributed by atoms with Gasteiger partial charge in [-0.25, -0.2) is 17.6 Å². The number of halogens is 4. The van der Waals surface area contributed by atoms with Crippen molar-refractivity contribution in [2.45, 2.75) is 0 Å². The molecule has 10 heteroatoms. The normalized spacial score (nSPS) is 13.7. The molecule has 176 valence electrons. The first-order chi connectivity index (χ1) is 18.2. The summed E-state index contributed by atoms with van der Waals surface area (Å²) in [5.41, 5.74) is -4.51. The van der Waals surface area contributed by atoms with E-state index in [2.05, 4.69) is 0 Å². The van der Waals surface area contributed by atoms with Gasteiger partial charge in [0.15, 0.2) is 0 Å². The highest BCUT2D eigenvalue weighted by molar-refractivity contribution is 6.11. The Kier molecular flexibility index (Phi) is 6.19. The summed E-state index contributed by atoms with van der Waals surface area (Å²) in [7, 11) is 0. The van der Waals surface area contributed by atoms with Crippen molar-refractivity contribution < 1.29 is 17.6 Å². The molecule has 0 bridgehead atoms. The van der Waals surface area contributed by atoms with E-state index in [0.717, 1.165) is 24.3 Å². The third-order valence-electron chi connectivity index (χ3n) is 5.72. The van der Waals surface area contributed by atoms with E-state index >= 15 is 0 Å². The summed E-state index contributed by atoms with van der Waals surface area (Å²) in [6.45, 7) is 0. The number of nitriles is 6. The predicted octanol–water partition coefficient (Wildman–Crippen LogP) is 5.51. The summed E-state index contributed by atoms with van der Waals surface area (Å²) >= 11 is 0. The highest BCUT2D eigenvalue weighted by atomic mass is 19.1. The smallest absolute Gasteiger partial charge is 0.138 e. The van der Waals surface area contributed by atoms with Crippen molar-refractivity contribution in [1.82, 2.24) is 0 Å². The van der Waals surface area contributed by atoms with Crippen molar-refractivity contribution in [3.8, 4) is 36.4 Å². The first-order valence-electron chi connectivity index (χ1n) is 10.3. The summed E-state index contributed by atoms with van der Waals surface area (Å²) in [6.07, 6.45) is 0. The van der Waals surface area contributed by atoms with Crippen molar-refractivity contribution in [1.29, 1.82) is 31.6 Å². The van der Waals surface area contributed by atoms with E-state index in [0.29, 0.717) is 12.1 Å². The van der Waals surface area contributed by atoms with E-state index in [4.69, 9.17) is 0 Å². The van der Waals surface area contributed by atoms with Gasteiger partial charge in [0.05, 0.1) is 11.1 Å². The second-order valence-electron chi connectivity index (χ2n) is 7.74. The van der Waals surface area contributed by atoms with Crippen molar-refractivity contribution in [3.63, 3.8) is 0 Å². The van der Waals surface area contributed by atoms with Crippen LogP contribution in [0.5, 0.6) is 0 Å². The van der Waals surface area contributed by atoms with E-state index in [1.807, 2.05) is 12.1 Å². The van der Waals surface area contributed by atoms with E-state index < -0.39 is 45.6 Å². The summed E-state index contributed by atoms with van der Waals surface area (Å²) in [6, 6.07) is 14.6. The Bertz CT molecular complexity index is 1700. The zero-order valence-corrected chi connectivity index (χ0v) is 18.7. The maximum atomic E-state index is 14.2. The van der Waals surface area contributed by atoms with Gasteiger partial charge in [-0.3, -0.25) is 0 Å². The number of rotatable bonds is 2. The fourth-order valence-corrected chi connectivity index (χ4v) is 4.47. The number of benzene rings is 2. The van der Waals surface area contributed by atoms with Gasteiger partial charge in [0, 0.05) is 45.6 Å². The van der Waals surface area contributed by atoms with Gasteiger partial charge in [-0.05, 0) is 35.4 Å². The summed E-state index contributed by atoms with van der Waals surface area (Å²) in [4.78, 5) is 0. The van der Waals surface area contributed by atoms with Crippen LogP contribution in [0.15, 0.2) is 81.0 Å². The molecule has 0 heterocycles. The fourth-order valence-electron chi connectivity index (χ4n) is 4.47. The Balaban J connectivity index is 2.27. The van der Waals surface area contributed by atoms with Crippen LogP contribution < -0.4 is 0 Å². The van der Waals surface area contributed by atoms with E-state index in [-0.39, 0.29) is 44.6 Å². The molecule has 0 aliphatic heterocycles. The molecule has 0 saturated heterocycles. The Morgan fingerprint density at radius 1 is 0.447 bits per heavy atom. The second-order valence-corrected chi connectivity index (χ2v) is 7.74.